The maximum atomic E-state index is 8.96. The van der Waals surface area contributed by atoms with E-state index in [-0.39, 0.29) is 12.0 Å². The fourth-order valence-corrected chi connectivity index (χ4v) is 0.873. The van der Waals surface area contributed by atoms with Crippen LogP contribution in [0.15, 0.2) is 0 Å². The van der Waals surface area contributed by atoms with Gasteiger partial charge in [-0.05, 0) is 18.9 Å². The SMILES string of the molecule is CC(C)CCNCC(C)(C)CO. The van der Waals surface area contributed by atoms with E-state index in [2.05, 4.69) is 33.0 Å². The van der Waals surface area contributed by atoms with Gasteiger partial charge in [-0.2, -0.15) is 0 Å². The third-order valence-corrected chi connectivity index (χ3v) is 1.93. The van der Waals surface area contributed by atoms with E-state index in [0.29, 0.717) is 0 Å². The molecule has 12 heavy (non-hydrogen) atoms. The van der Waals surface area contributed by atoms with Crippen molar-refractivity contribution in [2.75, 3.05) is 19.7 Å². The molecule has 0 aliphatic heterocycles. The maximum absolute atomic E-state index is 8.96. The lowest BCUT2D eigenvalue weighted by atomic mass is 9.95. The van der Waals surface area contributed by atoms with Crippen molar-refractivity contribution in [3.05, 3.63) is 0 Å². The molecule has 0 fully saturated rings. The highest BCUT2D eigenvalue weighted by Gasteiger charge is 2.14. The standard InChI is InChI=1S/C10H23NO/c1-9(2)5-6-11-7-10(3,4)8-12/h9,11-12H,5-8H2,1-4H3. The van der Waals surface area contributed by atoms with Crippen LogP contribution in [-0.2, 0) is 0 Å². The molecule has 0 saturated heterocycles. The van der Waals surface area contributed by atoms with Gasteiger partial charge in [0, 0.05) is 18.6 Å². The Labute approximate surface area is 76.4 Å². The predicted molar refractivity (Wildman–Crippen MR) is 53.2 cm³/mol. The van der Waals surface area contributed by atoms with Gasteiger partial charge >= 0.3 is 0 Å². The quantitative estimate of drug-likeness (QED) is 0.598. The minimum Gasteiger partial charge on any atom is -0.396 e. The monoisotopic (exact) mass is 173 g/mol. The van der Waals surface area contributed by atoms with Gasteiger partial charge in [0.1, 0.15) is 0 Å². The molecule has 0 rings (SSSR count). The lowest BCUT2D eigenvalue weighted by Gasteiger charge is -2.22. The maximum Gasteiger partial charge on any atom is 0.0494 e. The molecule has 0 aromatic carbocycles. The summed E-state index contributed by atoms with van der Waals surface area (Å²) in [5, 5.41) is 12.3. The van der Waals surface area contributed by atoms with Crippen molar-refractivity contribution in [2.45, 2.75) is 34.1 Å². The highest BCUT2D eigenvalue weighted by molar-refractivity contribution is 4.69. The van der Waals surface area contributed by atoms with Gasteiger partial charge in [0.2, 0.25) is 0 Å². The molecule has 2 heteroatoms. The van der Waals surface area contributed by atoms with Crippen molar-refractivity contribution in [3.8, 4) is 0 Å². The summed E-state index contributed by atoms with van der Waals surface area (Å²) in [6, 6.07) is 0. The minimum atomic E-state index is 0.0248. The zero-order chi connectivity index (χ0) is 9.61. The van der Waals surface area contributed by atoms with Crippen molar-refractivity contribution in [1.29, 1.82) is 0 Å². The second-order valence-electron chi connectivity index (χ2n) is 4.68. The third kappa shape index (κ3) is 6.62. The molecule has 74 valence electrons. The van der Waals surface area contributed by atoms with Crippen LogP contribution in [0.25, 0.3) is 0 Å². The van der Waals surface area contributed by atoms with Gasteiger partial charge in [-0.15, -0.1) is 0 Å². The molecule has 0 amide bonds. The Balaban J connectivity index is 3.31. The van der Waals surface area contributed by atoms with Crippen molar-refractivity contribution < 1.29 is 5.11 Å². The number of nitrogens with one attached hydrogen (secondary N) is 1. The first-order chi connectivity index (χ1) is 5.48. The van der Waals surface area contributed by atoms with Gasteiger partial charge < -0.3 is 10.4 Å². The average Bonchev–Trinajstić information content (AvgIpc) is 1.98. The molecule has 2 N–H and O–H groups in total. The summed E-state index contributed by atoms with van der Waals surface area (Å²) in [6.45, 7) is 10.8. The van der Waals surface area contributed by atoms with Crippen molar-refractivity contribution in [2.24, 2.45) is 11.3 Å². The fraction of sp³-hybridized carbons (Fsp3) is 1.00. The molecule has 0 unspecified atom stereocenters. The second-order valence-corrected chi connectivity index (χ2v) is 4.68. The van der Waals surface area contributed by atoms with E-state index in [1.54, 1.807) is 0 Å². The number of rotatable bonds is 6. The molecule has 0 aromatic heterocycles. The van der Waals surface area contributed by atoms with E-state index in [1.165, 1.54) is 6.42 Å². The molecular weight excluding hydrogens is 150 g/mol. The van der Waals surface area contributed by atoms with Crippen LogP contribution in [-0.4, -0.2) is 24.8 Å². The molecule has 0 radical (unpaired) electrons. The summed E-state index contributed by atoms with van der Waals surface area (Å²) in [7, 11) is 0. The summed E-state index contributed by atoms with van der Waals surface area (Å²) in [5.74, 6) is 0.759. The van der Waals surface area contributed by atoms with Gasteiger partial charge in [-0.1, -0.05) is 27.7 Å². The molecule has 0 atom stereocenters. The van der Waals surface area contributed by atoms with Gasteiger partial charge in [0.05, 0.1) is 0 Å². The first kappa shape index (κ1) is 11.9. The number of hydrogen-bond donors (Lipinski definition) is 2. The van der Waals surface area contributed by atoms with Crippen molar-refractivity contribution in [3.63, 3.8) is 0 Å². The Kier molecular flexibility index (Phi) is 5.51. The summed E-state index contributed by atoms with van der Waals surface area (Å²) in [4.78, 5) is 0. The Morgan fingerprint density at radius 1 is 1.33 bits per heavy atom. The van der Waals surface area contributed by atoms with Crippen molar-refractivity contribution >= 4 is 0 Å². The number of hydrogen-bond acceptors (Lipinski definition) is 2. The van der Waals surface area contributed by atoms with Gasteiger partial charge in [-0.25, -0.2) is 0 Å². The Morgan fingerprint density at radius 3 is 2.33 bits per heavy atom. The number of aliphatic hydroxyl groups is 1. The van der Waals surface area contributed by atoms with E-state index in [4.69, 9.17) is 5.11 Å². The fourth-order valence-electron chi connectivity index (χ4n) is 0.873. The summed E-state index contributed by atoms with van der Waals surface area (Å²) in [6.07, 6.45) is 1.21. The Bertz CT molecular complexity index is 110. The molecule has 0 spiro atoms. The highest BCUT2D eigenvalue weighted by atomic mass is 16.3. The van der Waals surface area contributed by atoms with Crippen LogP contribution in [0, 0.1) is 11.3 Å². The van der Waals surface area contributed by atoms with E-state index < -0.39 is 0 Å². The molecular formula is C10H23NO. The lowest BCUT2D eigenvalue weighted by molar-refractivity contribution is 0.156. The highest BCUT2D eigenvalue weighted by Crippen LogP contribution is 2.11. The predicted octanol–water partition coefficient (Wildman–Crippen LogP) is 1.64. The van der Waals surface area contributed by atoms with Crippen LogP contribution in [0.4, 0.5) is 0 Å². The van der Waals surface area contributed by atoms with E-state index in [1.807, 2.05) is 0 Å². The zero-order valence-electron chi connectivity index (χ0n) is 8.85. The molecule has 0 aliphatic carbocycles. The average molecular weight is 173 g/mol. The summed E-state index contributed by atoms with van der Waals surface area (Å²) >= 11 is 0. The second kappa shape index (κ2) is 5.55. The van der Waals surface area contributed by atoms with E-state index in [0.717, 1.165) is 19.0 Å². The van der Waals surface area contributed by atoms with Crippen LogP contribution in [0.1, 0.15) is 34.1 Å². The lowest BCUT2D eigenvalue weighted by Crippen LogP contribution is -2.33. The topological polar surface area (TPSA) is 32.3 Å². The van der Waals surface area contributed by atoms with Crippen molar-refractivity contribution in [1.82, 2.24) is 5.32 Å². The molecule has 0 bridgehead atoms. The van der Waals surface area contributed by atoms with Gasteiger partial charge in [-0.3, -0.25) is 0 Å². The van der Waals surface area contributed by atoms with Crippen LogP contribution in [0.2, 0.25) is 0 Å². The normalized spacial score (nSPS) is 12.5. The van der Waals surface area contributed by atoms with E-state index in [9.17, 15) is 0 Å². The van der Waals surface area contributed by atoms with Gasteiger partial charge in [0.25, 0.3) is 0 Å². The van der Waals surface area contributed by atoms with Crippen LogP contribution in [0.5, 0.6) is 0 Å². The molecule has 0 aromatic rings. The molecule has 0 aliphatic rings. The molecule has 0 saturated carbocycles. The smallest absolute Gasteiger partial charge is 0.0494 e. The van der Waals surface area contributed by atoms with Crippen LogP contribution < -0.4 is 5.32 Å². The van der Waals surface area contributed by atoms with Crippen LogP contribution in [0.3, 0.4) is 0 Å². The summed E-state index contributed by atoms with van der Waals surface area (Å²) < 4.78 is 0. The van der Waals surface area contributed by atoms with Crippen LogP contribution >= 0.6 is 0 Å². The summed E-state index contributed by atoms with van der Waals surface area (Å²) in [5.41, 5.74) is 0.0248. The van der Waals surface area contributed by atoms with E-state index >= 15 is 0 Å². The Hall–Kier alpha value is -0.0800. The first-order valence-electron chi connectivity index (χ1n) is 4.79. The minimum absolute atomic E-state index is 0.0248. The largest absolute Gasteiger partial charge is 0.396 e. The Morgan fingerprint density at radius 2 is 1.92 bits per heavy atom. The molecule has 2 nitrogen and oxygen atoms in total. The first-order valence-corrected chi connectivity index (χ1v) is 4.79. The van der Waals surface area contributed by atoms with Gasteiger partial charge in [0.15, 0.2) is 0 Å². The number of aliphatic hydroxyl groups excluding tert-OH is 1. The molecule has 0 heterocycles. The third-order valence-electron chi connectivity index (χ3n) is 1.93. The zero-order valence-corrected chi connectivity index (χ0v) is 8.85.